The summed E-state index contributed by atoms with van der Waals surface area (Å²) in [5.41, 5.74) is -0.0951. The standard InChI is InChI=1S/C8H18O2/c1-7(6-9)5-8(2,3)10-4/h7,9H,5-6H2,1-4H3. The van der Waals surface area contributed by atoms with E-state index in [1.807, 2.05) is 20.8 Å². The van der Waals surface area contributed by atoms with Gasteiger partial charge in [0.25, 0.3) is 0 Å². The molecule has 0 fully saturated rings. The number of hydrogen-bond donors (Lipinski definition) is 1. The summed E-state index contributed by atoms with van der Waals surface area (Å²) in [5, 5.41) is 8.74. The summed E-state index contributed by atoms with van der Waals surface area (Å²) >= 11 is 0. The Morgan fingerprint density at radius 3 is 2.30 bits per heavy atom. The number of methoxy groups -OCH3 is 1. The van der Waals surface area contributed by atoms with Crippen LogP contribution in [0.4, 0.5) is 0 Å². The fourth-order valence-electron chi connectivity index (χ4n) is 0.987. The first kappa shape index (κ1) is 9.92. The summed E-state index contributed by atoms with van der Waals surface area (Å²) < 4.78 is 5.20. The molecule has 10 heavy (non-hydrogen) atoms. The maximum absolute atomic E-state index is 8.74. The highest BCUT2D eigenvalue weighted by molar-refractivity contribution is 4.70. The second kappa shape index (κ2) is 3.94. The van der Waals surface area contributed by atoms with E-state index >= 15 is 0 Å². The van der Waals surface area contributed by atoms with Gasteiger partial charge in [-0.3, -0.25) is 0 Å². The van der Waals surface area contributed by atoms with Gasteiger partial charge in [0.1, 0.15) is 0 Å². The summed E-state index contributed by atoms with van der Waals surface area (Å²) in [5.74, 6) is 0.329. The zero-order chi connectivity index (χ0) is 8.20. The summed E-state index contributed by atoms with van der Waals surface area (Å²) in [4.78, 5) is 0. The van der Waals surface area contributed by atoms with Crippen LogP contribution in [0.1, 0.15) is 27.2 Å². The van der Waals surface area contributed by atoms with Gasteiger partial charge in [-0.15, -0.1) is 0 Å². The molecule has 0 amide bonds. The van der Waals surface area contributed by atoms with Gasteiger partial charge in [-0.05, 0) is 26.2 Å². The van der Waals surface area contributed by atoms with Crippen molar-refractivity contribution in [3.05, 3.63) is 0 Å². The van der Waals surface area contributed by atoms with E-state index in [1.54, 1.807) is 7.11 Å². The Bertz CT molecular complexity index is 89.3. The third-order valence-corrected chi connectivity index (χ3v) is 1.70. The average molecular weight is 146 g/mol. The van der Waals surface area contributed by atoms with E-state index in [1.165, 1.54) is 0 Å². The van der Waals surface area contributed by atoms with E-state index in [-0.39, 0.29) is 12.2 Å². The van der Waals surface area contributed by atoms with Gasteiger partial charge in [-0.25, -0.2) is 0 Å². The van der Waals surface area contributed by atoms with E-state index in [4.69, 9.17) is 9.84 Å². The minimum Gasteiger partial charge on any atom is -0.396 e. The highest BCUT2D eigenvalue weighted by atomic mass is 16.5. The molecular weight excluding hydrogens is 128 g/mol. The molecule has 2 heteroatoms. The van der Waals surface area contributed by atoms with E-state index in [0.717, 1.165) is 6.42 Å². The lowest BCUT2D eigenvalue weighted by Crippen LogP contribution is -2.26. The Balaban J connectivity index is 3.64. The molecular formula is C8H18O2. The van der Waals surface area contributed by atoms with Crippen molar-refractivity contribution >= 4 is 0 Å². The Hall–Kier alpha value is -0.0800. The van der Waals surface area contributed by atoms with Crippen molar-refractivity contribution in [1.29, 1.82) is 0 Å². The van der Waals surface area contributed by atoms with Crippen LogP contribution in [-0.2, 0) is 4.74 Å². The topological polar surface area (TPSA) is 29.5 Å². The molecule has 0 aromatic heterocycles. The predicted octanol–water partition coefficient (Wildman–Crippen LogP) is 1.43. The van der Waals surface area contributed by atoms with Gasteiger partial charge < -0.3 is 9.84 Å². The van der Waals surface area contributed by atoms with Crippen LogP contribution in [0.5, 0.6) is 0 Å². The number of aliphatic hydroxyl groups is 1. The van der Waals surface area contributed by atoms with Gasteiger partial charge in [0, 0.05) is 13.7 Å². The summed E-state index contributed by atoms with van der Waals surface area (Å²) in [7, 11) is 1.70. The molecule has 0 saturated carbocycles. The molecule has 0 aromatic rings. The molecule has 0 aromatic carbocycles. The van der Waals surface area contributed by atoms with E-state index in [9.17, 15) is 0 Å². The zero-order valence-electron chi connectivity index (χ0n) is 7.35. The minimum atomic E-state index is -0.0951. The van der Waals surface area contributed by atoms with Gasteiger partial charge in [0.2, 0.25) is 0 Å². The second-order valence-corrected chi connectivity index (χ2v) is 3.46. The van der Waals surface area contributed by atoms with Crippen LogP contribution in [0.25, 0.3) is 0 Å². The van der Waals surface area contributed by atoms with Crippen LogP contribution >= 0.6 is 0 Å². The summed E-state index contributed by atoms with van der Waals surface area (Å²) in [6.45, 7) is 6.31. The molecule has 1 unspecified atom stereocenters. The van der Waals surface area contributed by atoms with E-state index in [0.29, 0.717) is 5.92 Å². The van der Waals surface area contributed by atoms with Gasteiger partial charge in [0.15, 0.2) is 0 Å². The zero-order valence-corrected chi connectivity index (χ0v) is 7.35. The SMILES string of the molecule is COC(C)(C)CC(C)CO. The largest absolute Gasteiger partial charge is 0.396 e. The molecule has 0 rings (SSSR count). The minimum absolute atomic E-state index is 0.0951. The lowest BCUT2D eigenvalue weighted by Gasteiger charge is -2.25. The van der Waals surface area contributed by atoms with Crippen LogP contribution in [0.2, 0.25) is 0 Å². The lowest BCUT2D eigenvalue weighted by molar-refractivity contribution is -0.00257. The molecule has 1 N–H and O–H groups in total. The van der Waals surface area contributed by atoms with Crippen LogP contribution in [0.15, 0.2) is 0 Å². The van der Waals surface area contributed by atoms with Crippen LogP contribution in [0, 0.1) is 5.92 Å². The van der Waals surface area contributed by atoms with Crippen LogP contribution in [-0.4, -0.2) is 24.4 Å². The number of rotatable bonds is 4. The first-order valence-corrected chi connectivity index (χ1v) is 3.68. The van der Waals surface area contributed by atoms with Gasteiger partial charge in [0.05, 0.1) is 5.60 Å². The summed E-state index contributed by atoms with van der Waals surface area (Å²) in [6.07, 6.45) is 0.903. The molecule has 2 nitrogen and oxygen atoms in total. The summed E-state index contributed by atoms with van der Waals surface area (Å²) in [6, 6.07) is 0. The Morgan fingerprint density at radius 2 is 2.00 bits per heavy atom. The Kier molecular flexibility index (Phi) is 3.91. The van der Waals surface area contributed by atoms with Crippen molar-refractivity contribution in [3.63, 3.8) is 0 Å². The second-order valence-electron chi connectivity index (χ2n) is 3.46. The maximum atomic E-state index is 8.74. The van der Waals surface area contributed by atoms with Crippen LogP contribution in [0.3, 0.4) is 0 Å². The number of ether oxygens (including phenoxy) is 1. The average Bonchev–Trinajstić information content (AvgIpc) is 1.87. The van der Waals surface area contributed by atoms with Gasteiger partial charge >= 0.3 is 0 Å². The number of aliphatic hydroxyl groups excluding tert-OH is 1. The smallest absolute Gasteiger partial charge is 0.0626 e. The fourth-order valence-corrected chi connectivity index (χ4v) is 0.987. The van der Waals surface area contributed by atoms with Gasteiger partial charge in [-0.1, -0.05) is 6.92 Å². The molecule has 62 valence electrons. The molecule has 0 aliphatic heterocycles. The quantitative estimate of drug-likeness (QED) is 0.650. The maximum Gasteiger partial charge on any atom is 0.0626 e. The van der Waals surface area contributed by atoms with Crippen molar-refractivity contribution in [2.45, 2.75) is 32.8 Å². The number of hydrogen-bond acceptors (Lipinski definition) is 2. The molecule has 0 heterocycles. The monoisotopic (exact) mass is 146 g/mol. The Morgan fingerprint density at radius 1 is 1.50 bits per heavy atom. The van der Waals surface area contributed by atoms with E-state index in [2.05, 4.69) is 0 Å². The highest BCUT2D eigenvalue weighted by Crippen LogP contribution is 2.18. The molecule has 0 saturated heterocycles. The van der Waals surface area contributed by atoms with Gasteiger partial charge in [-0.2, -0.15) is 0 Å². The fraction of sp³-hybridized carbons (Fsp3) is 1.00. The molecule has 0 bridgehead atoms. The third-order valence-electron chi connectivity index (χ3n) is 1.70. The lowest BCUT2D eigenvalue weighted by atomic mass is 9.95. The first-order chi connectivity index (χ1) is 4.52. The van der Waals surface area contributed by atoms with Crippen molar-refractivity contribution in [2.75, 3.05) is 13.7 Å². The van der Waals surface area contributed by atoms with E-state index < -0.39 is 0 Å². The highest BCUT2D eigenvalue weighted by Gasteiger charge is 2.19. The predicted molar refractivity (Wildman–Crippen MR) is 42.0 cm³/mol. The molecule has 0 aliphatic carbocycles. The first-order valence-electron chi connectivity index (χ1n) is 3.68. The Labute approximate surface area is 63.2 Å². The molecule has 0 radical (unpaired) electrons. The molecule has 1 atom stereocenters. The van der Waals surface area contributed by atoms with Crippen molar-refractivity contribution in [2.24, 2.45) is 5.92 Å². The molecule has 0 spiro atoms. The van der Waals surface area contributed by atoms with Crippen LogP contribution < -0.4 is 0 Å². The normalized spacial score (nSPS) is 15.3. The van der Waals surface area contributed by atoms with Crippen molar-refractivity contribution in [3.8, 4) is 0 Å². The van der Waals surface area contributed by atoms with Crippen molar-refractivity contribution < 1.29 is 9.84 Å². The third kappa shape index (κ3) is 3.85. The molecule has 0 aliphatic rings. The van der Waals surface area contributed by atoms with Crippen molar-refractivity contribution in [1.82, 2.24) is 0 Å².